The molecule has 0 saturated heterocycles. The normalized spacial score (nSPS) is 15.3. The molecule has 1 aliphatic rings. The number of thioether (sulfide) groups is 1. The second-order valence-electron chi connectivity index (χ2n) is 7.20. The van der Waals surface area contributed by atoms with Crippen LogP contribution in [0.1, 0.15) is 42.4 Å². The van der Waals surface area contributed by atoms with Crippen LogP contribution in [0.2, 0.25) is 0 Å². The number of halogens is 1. The molecule has 0 radical (unpaired) electrons. The molecule has 8 heteroatoms. The SMILES string of the molecule is CCCOc1ccccc1C1CC(=O)Nc2nc(SCc3ccccc3F)[nH]c(=O)c21. The molecular formula is C23H22FN3O3S. The number of ether oxygens (including phenoxy) is 1. The van der Waals surface area contributed by atoms with Gasteiger partial charge in [0.25, 0.3) is 5.56 Å². The number of fused-ring (bicyclic) bond motifs is 1. The highest BCUT2D eigenvalue weighted by atomic mass is 32.2. The molecule has 1 aliphatic heterocycles. The fourth-order valence-corrected chi connectivity index (χ4v) is 4.41. The highest BCUT2D eigenvalue weighted by molar-refractivity contribution is 7.98. The van der Waals surface area contributed by atoms with E-state index in [1.807, 2.05) is 31.2 Å². The first-order valence-corrected chi connectivity index (χ1v) is 11.1. The van der Waals surface area contributed by atoms with Gasteiger partial charge in [0.15, 0.2) is 5.16 Å². The van der Waals surface area contributed by atoms with Gasteiger partial charge in [0.2, 0.25) is 5.91 Å². The highest BCUT2D eigenvalue weighted by Crippen LogP contribution is 2.38. The molecule has 0 saturated carbocycles. The van der Waals surface area contributed by atoms with Crippen molar-refractivity contribution >= 4 is 23.5 Å². The summed E-state index contributed by atoms with van der Waals surface area (Å²) in [6, 6.07) is 13.9. The number of hydrogen-bond acceptors (Lipinski definition) is 5. The van der Waals surface area contributed by atoms with Gasteiger partial charge in [-0.1, -0.05) is 55.1 Å². The number of benzene rings is 2. The molecule has 0 bridgehead atoms. The van der Waals surface area contributed by atoms with Gasteiger partial charge in [-0.25, -0.2) is 9.37 Å². The summed E-state index contributed by atoms with van der Waals surface area (Å²) < 4.78 is 19.7. The predicted molar refractivity (Wildman–Crippen MR) is 118 cm³/mol. The Labute approximate surface area is 183 Å². The van der Waals surface area contributed by atoms with Gasteiger partial charge >= 0.3 is 0 Å². The Balaban J connectivity index is 1.67. The van der Waals surface area contributed by atoms with Crippen LogP contribution in [0.3, 0.4) is 0 Å². The minimum absolute atomic E-state index is 0.131. The van der Waals surface area contributed by atoms with E-state index in [4.69, 9.17) is 4.74 Å². The second-order valence-corrected chi connectivity index (χ2v) is 8.17. The first-order valence-electron chi connectivity index (χ1n) is 10.1. The first-order chi connectivity index (χ1) is 15.1. The molecular weight excluding hydrogens is 417 g/mol. The Morgan fingerprint density at radius 2 is 1.94 bits per heavy atom. The van der Waals surface area contributed by atoms with Gasteiger partial charge in [0.05, 0.1) is 12.2 Å². The fraction of sp³-hybridized carbons (Fsp3) is 0.261. The smallest absolute Gasteiger partial charge is 0.257 e. The molecule has 160 valence electrons. The van der Waals surface area contributed by atoms with Crippen molar-refractivity contribution in [3.8, 4) is 5.75 Å². The van der Waals surface area contributed by atoms with E-state index in [1.54, 1.807) is 18.2 Å². The monoisotopic (exact) mass is 439 g/mol. The van der Waals surface area contributed by atoms with Crippen molar-refractivity contribution in [1.82, 2.24) is 9.97 Å². The van der Waals surface area contributed by atoms with Gasteiger partial charge in [0.1, 0.15) is 17.4 Å². The Morgan fingerprint density at radius 1 is 1.16 bits per heavy atom. The van der Waals surface area contributed by atoms with Crippen LogP contribution in [0.5, 0.6) is 5.75 Å². The molecule has 1 amide bonds. The zero-order valence-electron chi connectivity index (χ0n) is 17.0. The maximum atomic E-state index is 13.9. The molecule has 31 heavy (non-hydrogen) atoms. The van der Waals surface area contributed by atoms with Gasteiger partial charge in [0, 0.05) is 23.7 Å². The first kappa shape index (κ1) is 21.1. The predicted octanol–water partition coefficient (Wildman–Crippen LogP) is 4.46. The molecule has 1 atom stereocenters. The summed E-state index contributed by atoms with van der Waals surface area (Å²) >= 11 is 1.20. The number of para-hydroxylation sites is 1. The second kappa shape index (κ2) is 9.34. The van der Waals surface area contributed by atoms with Gasteiger partial charge in [-0.15, -0.1) is 0 Å². The summed E-state index contributed by atoms with van der Waals surface area (Å²) in [4.78, 5) is 32.7. The summed E-state index contributed by atoms with van der Waals surface area (Å²) in [5.41, 5.74) is 1.38. The Morgan fingerprint density at radius 3 is 2.74 bits per heavy atom. The Hall–Kier alpha value is -3.13. The van der Waals surface area contributed by atoms with Crippen LogP contribution >= 0.6 is 11.8 Å². The standard InChI is InChI=1S/C23H22FN3O3S/c1-2-11-30-18-10-6-4-8-15(18)16-12-19(28)25-21-20(16)22(29)27-23(26-21)31-13-14-7-3-5-9-17(14)24/h3-10,16H,2,11-13H2,1H3,(H2,25,26,27,28,29). The summed E-state index contributed by atoms with van der Waals surface area (Å²) in [7, 11) is 0. The summed E-state index contributed by atoms with van der Waals surface area (Å²) in [5, 5.41) is 3.04. The van der Waals surface area contributed by atoms with E-state index in [1.165, 1.54) is 17.8 Å². The number of carbonyl (C=O) groups excluding carboxylic acids is 1. The lowest BCUT2D eigenvalue weighted by molar-refractivity contribution is -0.116. The molecule has 2 N–H and O–H groups in total. The van der Waals surface area contributed by atoms with Crippen LogP contribution in [0.4, 0.5) is 10.2 Å². The number of aromatic nitrogens is 2. The lowest BCUT2D eigenvalue weighted by Crippen LogP contribution is -2.31. The fourth-order valence-electron chi connectivity index (χ4n) is 3.56. The number of anilines is 1. The van der Waals surface area contributed by atoms with Crippen molar-refractivity contribution in [2.24, 2.45) is 0 Å². The minimum atomic E-state index is -0.460. The molecule has 2 aromatic carbocycles. The number of amides is 1. The van der Waals surface area contributed by atoms with E-state index in [-0.39, 0.29) is 29.5 Å². The van der Waals surface area contributed by atoms with E-state index in [0.29, 0.717) is 34.4 Å². The lowest BCUT2D eigenvalue weighted by Gasteiger charge is -2.26. The van der Waals surface area contributed by atoms with E-state index < -0.39 is 5.92 Å². The molecule has 6 nitrogen and oxygen atoms in total. The van der Waals surface area contributed by atoms with Crippen molar-refractivity contribution in [2.45, 2.75) is 36.6 Å². The topological polar surface area (TPSA) is 84.1 Å². The number of hydrogen-bond donors (Lipinski definition) is 2. The molecule has 2 heterocycles. The van der Waals surface area contributed by atoms with Gasteiger partial charge in [-0.2, -0.15) is 0 Å². The molecule has 0 aliphatic carbocycles. The average Bonchev–Trinajstić information content (AvgIpc) is 2.76. The van der Waals surface area contributed by atoms with Crippen LogP contribution in [-0.2, 0) is 10.5 Å². The zero-order chi connectivity index (χ0) is 21.8. The van der Waals surface area contributed by atoms with E-state index in [9.17, 15) is 14.0 Å². The third-order valence-electron chi connectivity index (χ3n) is 5.01. The van der Waals surface area contributed by atoms with E-state index in [2.05, 4.69) is 15.3 Å². The number of carbonyl (C=O) groups is 1. The maximum Gasteiger partial charge on any atom is 0.257 e. The summed E-state index contributed by atoms with van der Waals surface area (Å²) in [6.45, 7) is 2.56. The summed E-state index contributed by atoms with van der Waals surface area (Å²) in [5.74, 6) is 0.218. The molecule has 3 aromatic rings. The average molecular weight is 440 g/mol. The number of nitrogens with one attached hydrogen (secondary N) is 2. The van der Waals surface area contributed by atoms with Crippen molar-refractivity contribution < 1.29 is 13.9 Å². The largest absolute Gasteiger partial charge is 0.493 e. The van der Waals surface area contributed by atoms with Crippen molar-refractivity contribution in [3.63, 3.8) is 0 Å². The zero-order valence-corrected chi connectivity index (χ0v) is 17.8. The third-order valence-corrected chi connectivity index (χ3v) is 5.93. The van der Waals surface area contributed by atoms with Gasteiger partial charge in [-0.3, -0.25) is 9.59 Å². The van der Waals surface area contributed by atoms with Crippen molar-refractivity contribution in [3.05, 3.63) is 81.4 Å². The number of aromatic amines is 1. The molecule has 0 spiro atoms. The molecule has 1 unspecified atom stereocenters. The Kier molecular flexibility index (Phi) is 6.36. The van der Waals surface area contributed by atoms with Crippen molar-refractivity contribution in [1.29, 1.82) is 0 Å². The highest BCUT2D eigenvalue weighted by Gasteiger charge is 2.32. The maximum absolute atomic E-state index is 13.9. The number of H-pyrrole nitrogens is 1. The van der Waals surface area contributed by atoms with Gasteiger partial charge < -0.3 is 15.0 Å². The minimum Gasteiger partial charge on any atom is -0.493 e. The lowest BCUT2D eigenvalue weighted by atomic mass is 9.86. The van der Waals surface area contributed by atoms with Crippen molar-refractivity contribution in [2.75, 3.05) is 11.9 Å². The number of nitrogens with zero attached hydrogens (tertiary/aromatic N) is 1. The van der Waals surface area contributed by atoms with Crippen LogP contribution in [0.25, 0.3) is 0 Å². The van der Waals surface area contributed by atoms with E-state index in [0.717, 1.165) is 12.0 Å². The van der Waals surface area contributed by atoms with Crippen LogP contribution in [0, 0.1) is 5.82 Å². The Bertz CT molecular complexity index is 1160. The van der Waals surface area contributed by atoms with Crippen LogP contribution < -0.4 is 15.6 Å². The van der Waals surface area contributed by atoms with Gasteiger partial charge in [-0.05, 0) is 24.1 Å². The summed E-state index contributed by atoms with van der Waals surface area (Å²) in [6.07, 6.45) is 0.979. The van der Waals surface area contributed by atoms with Crippen LogP contribution in [-0.4, -0.2) is 22.5 Å². The van der Waals surface area contributed by atoms with Crippen LogP contribution in [0.15, 0.2) is 58.5 Å². The molecule has 0 fully saturated rings. The molecule has 4 rings (SSSR count). The number of rotatable bonds is 7. The van der Waals surface area contributed by atoms with E-state index >= 15 is 0 Å². The quantitative estimate of drug-likeness (QED) is 0.419. The third kappa shape index (κ3) is 4.64. The molecule has 1 aromatic heterocycles.